The molecule has 88 valence electrons. The maximum Gasteiger partial charge on any atom is 0.381 e. The van der Waals surface area contributed by atoms with Gasteiger partial charge >= 0.3 is 5.82 Å². The number of nitrogens with one attached hydrogen (secondary N) is 1. The summed E-state index contributed by atoms with van der Waals surface area (Å²) in [6.45, 7) is 3.43. The van der Waals surface area contributed by atoms with Crippen LogP contribution >= 0.6 is 0 Å². The second-order valence-electron chi connectivity index (χ2n) is 3.47. The minimum absolute atomic E-state index is 0.243. The van der Waals surface area contributed by atoms with Gasteiger partial charge in [-0.3, -0.25) is 10.2 Å². The molecule has 0 fully saturated rings. The Kier molecular flexibility index (Phi) is 3.56. The SMILES string of the molecule is CC(C(=O)NN)C(C)n1cnc([N+](=O)[O-])c1. The van der Waals surface area contributed by atoms with Crippen molar-refractivity contribution < 1.29 is 9.72 Å². The van der Waals surface area contributed by atoms with Crippen LogP contribution in [-0.4, -0.2) is 20.4 Å². The van der Waals surface area contributed by atoms with E-state index in [9.17, 15) is 14.9 Å². The predicted molar refractivity (Wildman–Crippen MR) is 55.1 cm³/mol. The molecule has 1 aromatic heterocycles. The fourth-order valence-electron chi connectivity index (χ4n) is 1.25. The van der Waals surface area contributed by atoms with Crippen molar-refractivity contribution in [3.63, 3.8) is 0 Å². The number of amides is 1. The Morgan fingerprint density at radius 3 is 2.75 bits per heavy atom. The molecule has 1 amide bonds. The van der Waals surface area contributed by atoms with E-state index in [4.69, 9.17) is 5.84 Å². The summed E-state index contributed by atoms with van der Waals surface area (Å²) in [5, 5.41) is 10.4. The molecular weight excluding hydrogens is 214 g/mol. The second kappa shape index (κ2) is 4.71. The Balaban J connectivity index is 2.83. The lowest BCUT2D eigenvalue weighted by molar-refractivity contribution is -0.389. The first-order valence-corrected chi connectivity index (χ1v) is 4.65. The first-order chi connectivity index (χ1) is 7.47. The first kappa shape index (κ1) is 12.1. The van der Waals surface area contributed by atoms with Crippen LogP contribution in [0, 0.1) is 16.0 Å². The van der Waals surface area contributed by atoms with Crippen LogP contribution in [0.2, 0.25) is 0 Å². The molecule has 0 aliphatic heterocycles. The van der Waals surface area contributed by atoms with Crippen molar-refractivity contribution in [2.45, 2.75) is 19.9 Å². The molecule has 8 nitrogen and oxygen atoms in total. The van der Waals surface area contributed by atoms with E-state index in [2.05, 4.69) is 4.98 Å². The number of hydrogen-bond donors (Lipinski definition) is 2. The Morgan fingerprint density at radius 1 is 1.69 bits per heavy atom. The van der Waals surface area contributed by atoms with Crippen molar-refractivity contribution in [3.05, 3.63) is 22.6 Å². The zero-order chi connectivity index (χ0) is 12.3. The highest BCUT2D eigenvalue weighted by Crippen LogP contribution is 2.19. The molecule has 16 heavy (non-hydrogen) atoms. The van der Waals surface area contributed by atoms with Crippen LogP contribution in [0.5, 0.6) is 0 Å². The van der Waals surface area contributed by atoms with Crippen LogP contribution < -0.4 is 11.3 Å². The van der Waals surface area contributed by atoms with Crippen LogP contribution in [-0.2, 0) is 4.79 Å². The fourth-order valence-corrected chi connectivity index (χ4v) is 1.25. The largest absolute Gasteiger partial charge is 0.381 e. The zero-order valence-electron chi connectivity index (χ0n) is 8.95. The van der Waals surface area contributed by atoms with Gasteiger partial charge in [-0.1, -0.05) is 6.92 Å². The maximum atomic E-state index is 11.3. The van der Waals surface area contributed by atoms with Crippen molar-refractivity contribution in [2.24, 2.45) is 11.8 Å². The molecule has 0 aromatic carbocycles. The average molecular weight is 227 g/mol. The number of carbonyl (C=O) groups is 1. The van der Waals surface area contributed by atoms with E-state index in [1.165, 1.54) is 17.1 Å². The smallest absolute Gasteiger partial charge is 0.358 e. The Bertz CT molecular complexity index is 402. The van der Waals surface area contributed by atoms with Gasteiger partial charge in [-0.2, -0.15) is 0 Å². The van der Waals surface area contributed by atoms with Crippen molar-refractivity contribution in [3.8, 4) is 0 Å². The Labute approximate surface area is 91.6 Å². The van der Waals surface area contributed by atoms with E-state index in [1.807, 2.05) is 5.43 Å². The first-order valence-electron chi connectivity index (χ1n) is 4.65. The third-order valence-corrected chi connectivity index (χ3v) is 2.52. The molecule has 3 N–H and O–H groups in total. The highest BCUT2D eigenvalue weighted by Gasteiger charge is 2.23. The quantitative estimate of drug-likeness (QED) is 0.324. The van der Waals surface area contributed by atoms with Crippen LogP contribution in [0.25, 0.3) is 0 Å². The Morgan fingerprint density at radius 2 is 2.31 bits per heavy atom. The molecule has 0 bridgehead atoms. The summed E-state index contributed by atoms with van der Waals surface area (Å²) < 4.78 is 1.51. The molecule has 0 saturated heterocycles. The lowest BCUT2D eigenvalue weighted by atomic mass is 10.0. The van der Waals surface area contributed by atoms with Crippen molar-refractivity contribution in [1.29, 1.82) is 0 Å². The molecule has 2 atom stereocenters. The van der Waals surface area contributed by atoms with E-state index in [0.29, 0.717) is 0 Å². The van der Waals surface area contributed by atoms with Crippen molar-refractivity contribution in [1.82, 2.24) is 15.0 Å². The summed E-state index contributed by atoms with van der Waals surface area (Å²) in [5.41, 5.74) is 2.04. The van der Waals surface area contributed by atoms with E-state index < -0.39 is 10.8 Å². The molecule has 0 radical (unpaired) electrons. The van der Waals surface area contributed by atoms with Gasteiger partial charge in [0.1, 0.15) is 6.20 Å². The lowest BCUT2D eigenvalue weighted by Crippen LogP contribution is -2.37. The average Bonchev–Trinajstić information content (AvgIpc) is 2.75. The standard InChI is InChI=1S/C8H13N5O3/c1-5(8(14)11-9)6(2)12-3-7(10-4-12)13(15)16/h3-6H,9H2,1-2H3,(H,11,14). The van der Waals surface area contributed by atoms with Gasteiger partial charge in [-0.15, -0.1) is 0 Å². The van der Waals surface area contributed by atoms with Gasteiger partial charge in [0.05, 0.1) is 5.92 Å². The summed E-state index contributed by atoms with van der Waals surface area (Å²) in [6.07, 6.45) is 2.61. The summed E-state index contributed by atoms with van der Waals surface area (Å²) in [4.78, 5) is 24.7. The number of nitrogens with two attached hydrogens (primary N) is 1. The van der Waals surface area contributed by atoms with Crippen LogP contribution in [0.15, 0.2) is 12.5 Å². The highest BCUT2D eigenvalue weighted by molar-refractivity contribution is 5.78. The minimum atomic E-state index is -0.586. The zero-order valence-corrected chi connectivity index (χ0v) is 8.95. The van der Waals surface area contributed by atoms with Gasteiger partial charge in [0.15, 0.2) is 0 Å². The molecule has 8 heteroatoms. The lowest BCUT2D eigenvalue weighted by Gasteiger charge is -2.18. The van der Waals surface area contributed by atoms with Gasteiger partial charge in [-0.25, -0.2) is 5.84 Å². The highest BCUT2D eigenvalue weighted by atomic mass is 16.6. The van der Waals surface area contributed by atoms with Gasteiger partial charge in [0.25, 0.3) is 0 Å². The normalized spacial score (nSPS) is 14.2. The van der Waals surface area contributed by atoms with Gasteiger partial charge in [0, 0.05) is 6.04 Å². The van der Waals surface area contributed by atoms with Gasteiger partial charge < -0.3 is 14.7 Å². The second-order valence-corrected chi connectivity index (χ2v) is 3.47. The maximum absolute atomic E-state index is 11.3. The van der Waals surface area contributed by atoms with E-state index in [-0.39, 0.29) is 17.8 Å². The molecule has 1 heterocycles. The molecule has 0 aliphatic carbocycles. The van der Waals surface area contributed by atoms with Crippen LogP contribution in [0.4, 0.5) is 5.82 Å². The molecule has 0 aliphatic rings. The number of hydrazine groups is 1. The summed E-state index contributed by atoms with van der Waals surface area (Å²) in [6, 6.07) is -0.259. The van der Waals surface area contributed by atoms with E-state index >= 15 is 0 Å². The molecule has 1 aromatic rings. The number of hydrogen-bond acceptors (Lipinski definition) is 5. The fraction of sp³-hybridized carbons (Fsp3) is 0.500. The minimum Gasteiger partial charge on any atom is -0.358 e. The van der Waals surface area contributed by atoms with Gasteiger partial charge in [-0.05, 0) is 16.8 Å². The number of carbonyl (C=O) groups excluding carboxylic acids is 1. The predicted octanol–water partition coefficient (Wildman–Crippen LogP) is -0.0217. The molecule has 2 unspecified atom stereocenters. The molecule has 1 rings (SSSR count). The number of imidazole rings is 1. The van der Waals surface area contributed by atoms with Crippen molar-refractivity contribution >= 4 is 11.7 Å². The Hall–Kier alpha value is -1.96. The number of nitro groups is 1. The third kappa shape index (κ3) is 2.34. The molecule has 0 saturated carbocycles. The molecular formula is C8H13N5O3. The topological polar surface area (TPSA) is 116 Å². The van der Waals surface area contributed by atoms with Crippen molar-refractivity contribution in [2.75, 3.05) is 0 Å². The molecule has 0 spiro atoms. The number of rotatable bonds is 4. The monoisotopic (exact) mass is 227 g/mol. The van der Waals surface area contributed by atoms with E-state index in [1.54, 1.807) is 13.8 Å². The number of aromatic nitrogens is 2. The third-order valence-electron chi connectivity index (χ3n) is 2.52. The summed E-state index contributed by atoms with van der Waals surface area (Å²) >= 11 is 0. The van der Waals surface area contributed by atoms with Crippen LogP contribution in [0.3, 0.4) is 0 Å². The van der Waals surface area contributed by atoms with E-state index in [0.717, 1.165) is 0 Å². The van der Waals surface area contributed by atoms with Gasteiger partial charge in [0.2, 0.25) is 12.2 Å². The van der Waals surface area contributed by atoms with Crippen LogP contribution in [0.1, 0.15) is 19.9 Å². The number of nitrogens with zero attached hydrogens (tertiary/aromatic N) is 3. The summed E-state index contributed by atoms with van der Waals surface area (Å²) in [7, 11) is 0. The summed E-state index contributed by atoms with van der Waals surface area (Å²) in [5.74, 6) is 4.03.